The summed E-state index contributed by atoms with van der Waals surface area (Å²) in [6, 6.07) is 10.3. The van der Waals surface area contributed by atoms with Crippen LogP contribution in [0.5, 0.6) is 0 Å². The zero-order valence-electron chi connectivity index (χ0n) is 12.2. The molecule has 4 nitrogen and oxygen atoms in total. The number of amides is 1. The Labute approximate surface area is 132 Å². The van der Waals surface area contributed by atoms with E-state index in [-0.39, 0.29) is 5.91 Å². The molecule has 112 valence electrons. The number of aromatic nitrogens is 2. The smallest absolute Gasteiger partial charge is 0.227 e. The number of carbonyl (C=O) groups excluding carboxylic acids is 1. The molecule has 5 heteroatoms. The van der Waals surface area contributed by atoms with Crippen molar-refractivity contribution in [2.45, 2.75) is 32.2 Å². The number of carbonyl (C=O) groups is 1. The first kappa shape index (κ1) is 13.5. The summed E-state index contributed by atoms with van der Waals surface area (Å²) < 4.78 is 2.12. The van der Waals surface area contributed by atoms with Crippen LogP contribution in [0.25, 0.3) is 10.9 Å². The lowest BCUT2D eigenvalue weighted by atomic mass is 10.2. The predicted octanol–water partition coefficient (Wildman–Crippen LogP) is 3.62. The van der Waals surface area contributed by atoms with E-state index in [9.17, 15) is 4.79 Å². The van der Waals surface area contributed by atoms with Gasteiger partial charge in [-0.3, -0.25) is 4.79 Å². The molecule has 0 saturated carbocycles. The van der Waals surface area contributed by atoms with Crippen LogP contribution in [0, 0.1) is 0 Å². The topological polar surface area (TPSA) is 46.9 Å². The monoisotopic (exact) mass is 311 g/mol. The maximum absolute atomic E-state index is 12.1. The van der Waals surface area contributed by atoms with Gasteiger partial charge in [-0.15, -0.1) is 11.3 Å². The van der Waals surface area contributed by atoms with Crippen LogP contribution in [0.15, 0.2) is 36.5 Å². The molecule has 0 radical (unpaired) electrons. The molecule has 0 spiro atoms. The SMILES string of the molecule is O=C(CCn1ccc2ccccc21)Nc1nc2c(s1)CCC2. The Morgan fingerprint density at radius 2 is 2.18 bits per heavy atom. The molecule has 2 aromatic heterocycles. The predicted molar refractivity (Wildman–Crippen MR) is 89.3 cm³/mol. The van der Waals surface area contributed by atoms with Crippen molar-refractivity contribution < 1.29 is 4.79 Å². The Kier molecular flexibility index (Phi) is 3.42. The largest absolute Gasteiger partial charge is 0.347 e. The highest BCUT2D eigenvalue weighted by atomic mass is 32.1. The normalized spacial score (nSPS) is 13.5. The number of anilines is 1. The maximum atomic E-state index is 12.1. The van der Waals surface area contributed by atoms with E-state index in [0.29, 0.717) is 13.0 Å². The van der Waals surface area contributed by atoms with Crippen LogP contribution in [0.1, 0.15) is 23.4 Å². The lowest BCUT2D eigenvalue weighted by Crippen LogP contribution is -2.14. The molecule has 1 aliphatic carbocycles. The minimum Gasteiger partial charge on any atom is -0.347 e. The highest BCUT2D eigenvalue weighted by Crippen LogP contribution is 2.30. The van der Waals surface area contributed by atoms with Crippen LogP contribution in [0.4, 0.5) is 5.13 Å². The van der Waals surface area contributed by atoms with Gasteiger partial charge in [0.05, 0.1) is 5.69 Å². The van der Waals surface area contributed by atoms with Crippen LogP contribution in [-0.4, -0.2) is 15.5 Å². The van der Waals surface area contributed by atoms with Crippen LogP contribution in [-0.2, 0) is 24.2 Å². The standard InChI is InChI=1S/C17H17N3OS/c21-16(19-17-18-13-5-3-7-15(13)22-17)9-11-20-10-8-12-4-1-2-6-14(12)20/h1-2,4,6,8,10H,3,5,7,9,11H2,(H,18,19,21). The van der Waals surface area contributed by atoms with Gasteiger partial charge in [0.2, 0.25) is 5.91 Å². The van der Waals surface area contributed by atoms with E-state index in [4.69, 9.17) is 0 Å². The summed E-state index contributed by atoms with van der Waals surface area (Å²) in [7, 11) is 0. The third-order valence-electron chi connectivity index (χ3n) is 4.10. The van der Waals surface area contributed by atoms with Crippen molar-refractivity contribution in [3.63, 3.8) is 0 Å². The molecule has 0 atom stereocenters. The average molecular weight is 311 g/mol. The number of aryl methyl sites for hydroxylation is 3. The minimum atomic E-state index is 0.0326. The van der Waals surface area contributed by atoms with Crippen molar-refractivity contribution in [1.29, 1.82) is 0 Å². The van der Waals surface area contributed by atoms with Crippen LogP contribution in [0.2, 0.25) is 0 Å². The second-order valence-electron chi connectivity index (χ2n) is 5.61. The Balaban J connectivity index is 1.39. The number of hydrogen-bond acceptors (Lipinski definition) is 3. The van der Waals surface area contributed by atoms with Crippen molar-refractivity contribution in [2.75, 3.05) is 5.32 Å². The van der Waals surface area contributed by atoms with Gasteiger partial charge in [0.1, 0.15) is 0 Å². The van der Waals surface area contributed by atoms with Crippen LogP contribution < -0.4 is 5.32 Å². The van der Waals surface area contributed by atoms with Crippen LogP contribution in [0.3, 0.4) is 0 Å². The minimum absolute atomic E-state index is 0.0326. The second-order valence-corrected chi connectivity index (χ2v) is 6.69. The number of benzene rings is 1. The van der Waals surface area contributed by atoms with Crippen molar-refractivity contribution in [3.8, 4) is 0 Å². The van der Waals surface area contributed by atoms with Gasteiger partial charge in [-0.05, 0) is 36.8 Å². The zero-order valence-corrected chi connectivity index (χ0v) is 13.0. The third kappa shape index (κ3) is 2.52. The number of nitrogens with one attached hydrogen (secondary N) is 1. The Hall–Kier alpha value is -2.14. The van der Waals surface area contributed by atoms with Crippen LogP contribution >= 0.6 is 11.3 Å². The van der Waals surface area contributed by atoms with E-state index in [1.807, 2.05) is 18.3 Å². The van der Waals surface area contributed by atoms with E-state index in [2.05, 4.69) is 33.1 Å². The van der Waals surface area contributed by atoms with Gasteiger partial charge in [-0.1, -0.05) is 18.2 Å². The first-order valence-electron chi connectivity index (χ1n) is 7.62. The first-order chi connectivity index (χ1) is 10.8. The molecule has 1 amide bonds. The number of thiazole rings is 1. The second kappa shape index (κ2) is 5.57. The van der Waals surface area contributed by atoms with Crippen molar-refractivity contribution in [2.24, 2.45) is 0 Å². The summed E-state index contributed by atoms with van der Waals surface area (Å²) in [6.45, 7) is 0.685. The molecule has 0 fully saturated rings. The Bertz CT molecular complexity index is 812. The summed E-state index contributed by atoms with van der Waals surface area (Å²) in [5.74, 6) is 0.0326. The first-order valence-corrected chi connectivity index (χ1v) is 8.43. The molecule has 0 bridgehead atoms. The molecular weight excluding hydrogens is 294 g/mol. The number of nitrogens with zero attached hydrogens (tertiary/aromatic N) is 2. The van der Waals surface area contributed by atoms with E-state index in [1.54, 1.807) is 11.3 Å². The molecule has 3 aromatic rings. The van der Waals surface area contributed by atoms with Crippen molar-refractivity contribution in [3.05, 3.63) is 47.1 Å². The van der Waals surface area contributed by atoms with E-state index in [1.165, 1.54) is 27.9 Å². The summed E-state index contributed by atoms with van der Waals surface area (Å²) in [4.78, 5) is 18.0. The molecular formula is C17H17N3OS. The number of para-hydroxylation sites is 1. The summed E-state index contributed by atoms with van der Waals surface area (Å²) >= 11 is 1.63. The van der Waals surface area contributed by atoms with Gasteiger partial charge in [-0.2, -0.15) is 0 Å². The van der Waals surface area contributed by atoms with Gasteiger partial charge in [-0.25, -0.2) is 4.98 Å². The summed E-state index contributed by atoms with van der Waals surface area (Å²) in [5, 5.41) is 4.90. The fourth-order valence-corrected chi connectivity index (χ4v) is 4.05. The zero-order chi connectivity index (χ0) is 14.9. The fourth-order valence-electron chi connectivity index (χ4n) is 2.98. The van der Waals surface area contributed by atoms with E-state index < -0.39 is 0 Å². The van der Waals surface area contributed by atoms with Gasteiger partial charge in [0.15, 0.2) is 5.13 Å². The molecule has 2 heterocycles. The summed E-state index contributed by atoms with van der Waals surface area (Å²) in [5.41, 5.74) is 2.35. The third-order valence-corrected chi connectivity index (χ3v) is 5.17. The van der Waals surface area contributed by atoms with Gasteiger partial charge >= 0.3 is 0 Å². The molecule has 0 unspecified atom stereocenters. The highest BCUT2D eigenvalue weighted by Gasteiger charge is 2.17. The van der Waals surface area contributed by atoms with Crippen molar-refractivity contribution in [1.82, 2.24) is 9.55 Å². The maximum Gasteiger partial charge on any atom is 0.227 e. The van der Waals surface area contributed by atoms with Crippen molar-refractivity contribution >= 4 is 33.3 Å². The molecule has 0 saturated heterocycles. The van der Waals surface area contributed by atoms with Gasteiger partial charge in [0, 0.05) is 29.6 Å². The van der Waals surface area contributed by atoms with E-state index in [0.717, 1.165) is 18.0 Å². The lowest BCUT2D eigenvalue weighted by molar-refractivity contribution is -0.116. The Morgan fingerprint density at radius 3 is 3.09 bits per heavy atom. The number of rotatable bonds is 4. The molecule has 22 heavy (non-hydrogen) atoms. The molecule has 1 N–H and O–H groups in total. The molecule has 1 aromatic carbocycles. The Morgan fingerprint density at radius 1 is 1.27 bits per heavy atom. The lowest BCUT2D eigenvalue weighted by Gasteiger charge is -2.05. The summed E-state index contributed by atoms with van der Waals surface area (Å²) in [6.07, 6.45) is 5.86. The van der Waals surface area contributed by atoms with Gasteiger partial charge in [0.25, 0.3) is 0 Å². The van der Waals surface area contributed by atoms with E-state index >= 15 is 0 Å². The number of hydrogen-bond donors (Lipinski definition) is 1. The van der Waals surface area contributed by atoms with Gasteiger partial charge < -0.3 is 9.88 Å². The quantitative estimate of drug-likeness (QED) is 0.800. The fraction of sp³-hybridized carbons (Fsp3) is 0.294. The number of fused-ring (bicyclic) bond motifs is 2. The average Bonchev–Trinajstić information content (AvgIpc) is 3.19. The molecule has 1 aliphatic rings. The molecule has 4 rings (SSSR count). The highest BCUT2D eigenvalue weighted by molar-refractivity contribution is 7.15. The molecule has 0 aliphatic heterocycles.